The van der Waals surface area contributed by atoms with Crippen LogP contribution in [-0.4, -0.2) is 17.6 Å². The van der Waals surface area contributed by atoms with Gasteiger partial charge in [-0.3, -0.25) is 14.2 Å². The largest absolute Gasteiger partial charge is 0.468 e. The number of carbonyl (C=O) groups excluding carboxylic acids is 1. The van der Waals surface area contributed by atoms with Crippen LogP contribution in [0.1, 0.15) is 0 Å². The van der Waals surface area contributed by atoms with Crippen LogP contribution in [0.5, 0.6) is 0 Å². The van der Waals surface area contributed by atoms with Crippen LogP contribution < -0.4 is 11.3 Å². The van der Waals surface area contributed by atoms with Crippen molar-refractivity contribution >= 4 is 11.7 Å². The van der Waals surface area contributed by atoms with E-state index in [0.717, 1.165) is 5.56 Å². The van der Waals surface area contributed by atoms with E-state index in [0.29, 0.717) is 5.69 Å². The Hall–Kier alpha value is -2.56. The van der Waals surface area contributed by atoms with Gasteiger partial charge in [0.2, 0.25) is 0 Å². The van der Waals surface area contributed by atoms with E-state index in [2.05, 4.69) is 4.74 Å². The minimum Gasteiger partial charge on any atom is -0.468 e. The number of nitrogens with zero attached hydrogens (tertiary/aromatic N) is 1. The molecule has 0 aliphatic rings. The molecule has 19 heavy (non-hydrogen) atoms. The van der Waals surface area contributed by atoms with Gasteiger partial charge in [0.05, 0.1) is 18.5 Å². The van der Waals surface area contributed by atoms with Gasteiger partial charge < -0.3 is 10.5 Å². The van der Waals surface area contributed by atoms with E-state index in [1.54, 1.807) is 12.1 Å². The van der Waals surface area contributed by atoms with Crippen molar-refractivity contribution in [1.29, 1.82) is 0 Å². The molecule has 1 aromatic heterocycles. The first kappa shape index (κ1) is 12.9. The van der Waals surface area contributed by atoms with Crippen LogP contribution in [0.4, 0.5) is 5.69 Å². The summed E-state index contributed by atoms with van der Waals surface area (Å²) in [5.74, 6) is -0.495. The van der Waals surface area contributed by atoms with Gasteiger partial charge in [-0.15, -0.1) is 0 Å². The first-order chi connectivity index (χ1) is 9.13. The highest BCUT2D eigenvalue weighted by Gasteiger charge is 2.12. The van der Waals surface area contributed by atoms with Crippen molar-refractivity contribution in [3.05, 3.63) is 52.8 Å². The van der Waals surface area contributed by atoms with Gasteiger partial charge in [0.1, 0.15) is 6.54 Å². The molecule has 0 bridgehead atoms. The highest BCUT2D eigenvalue weighted by molar-refractivity contribution is 5.71. The molecular weight excluding hydrogens is 244 g/mol. The van der Waals surface area contributed by atoms with Gasteiger partial charge in [0.25, 0.3) is 5.56 Å². The monoisotopic (exact) mass is 258 g/mol. The molecule has 0 fully saturated rings. The lowest BCUT2D eigenvalue weighted by Crippen LogP contribution is -2.28. The number of anilines is 1. The van der Waals surface area contributed by atoms with Gasteiger partial charge in [-0.05, 0) is 17.7 Å². The third-order valence-electron chi connectivity index (χ3n) is 2.79. The normalized spacial score (nSPS) is 10.2. The molecule has 0 aliphatic carbocycles. The Morgan fingerprint density at radius 3 is 2.53 bits per heavy atom. The minimum absolute atomic E-state index is 0.101. The molecule has 98 valence electrons. The van der Waals surface area contributed by atoms with Crippen molar-refractivity contribution in [3.63, 3.8) is 0 Å². The molecule has 0 unspecified atom stereocenters. The highest BCUT2D eigenvalue weighted by Crippen LogP contribution is 2.18. The molecule has 0 radical (unpaired) electrons. The molecule has 0 saturated heterocycles. The van der Waals surface area contributed by atoms with Crippen molar-refractivity contribution in [2.45, 2.75) is 6.54 Å². The molecule has 5 heteroatoms. The Morgan fingerprint density at radius 2 is 1.89 bits per heavy atom. The Morgan fingerprint density at radius 1 is 1.21 bits per heavy atom. The Kier molecular flexibility index (Phi) is 3.66. The number of aromatic nitrogens is 1. The zero-order valence-electron chi connectivity index (χ0n) is 10.5. The molecule has 0 atom stereocenters. The fourth-order valence-electron chi connectivity index (χ4n) is 1.81. The molecule has 1 heterocycles. The molecule has 1 aromatic carbocycles. The summed E-state index contributed by atoms with van der Waals surface area (Å²) in [6.07, 6.45) is 0. The van der Waals surface area contributed by atoms with Crippen molar-refractivity contribution < 1.29 is 9.53 Å². The summed E-state index contributed by atoms with van der Waals surface area (Å²) in [6.45, 7) is -0.162. The van der Waals surface area contributed by atoms with E-state index in [-0.39, 0.29) is 12.2 Å². The summed E-state index contributed by atoms with van der Waals surface area (Å²) >= 11 is 0. The van der Waals surface area contributed by atoms with Gasteiger partial charge in [0.15, 0.2) is 0 Å². The predicted molar refractivity (Wildman–Crippen MR) is 72.6 cm³/mol. The van der Waals surface area contributed by atoms with Gasteiger partial charge in [-0.25, -0.2) is 0 Å². The zero-order valence-corrected chi connectivity index (χ0v) is 10.5. The summed E-state index contributed by atoms with van der Waals surface area (Å²) in [7, 11) is 1.28. The number of nitrogens with two attached hydrogens (primary N) is 1. The molecule has 0 saturated carbocycles. The Labute approximate surface area is 110 Å². The van der Waals surface area contributed by atoms with Gasteiger partial charge in [-0.1, -0.05) is 30.3 Å². The van der Waals surface area contributed by atoms with Crippen LogP contribution in [0, 0.1) is 0 Å². The van der Waals surface area contributed by atoms with Crippen LogP contribution in [0.3, 0.4) is 0 Å². The van der Waals surface area contributed by atoms with Gasteiger partial charge in [0, 0.05) is 0 Å². The summed E-state index contributed by atoms with van der Waals surface area (Å²) < 4.78 is 5.92. The summed E-state index contributed by atoms with van der Waals surface area (Å²) in [4.78, 5) is 23.4. The molecular formula is C14H14N2O3. The number of nitrogen functional groups attached to an aromatic ring is 1. The lowest BCUT2D eigenvalue weighted by Gasteiger charge is -2.12. The standard InChI is InChI=1S/C14H14N2O3/c1-19-13(17)9-16-12(8-7-11(15)14(16)18)10-5-3-2-4-6-10/h2-8H,9,15H2,1H3. The van der Waals surface area contributed by atoms with Crippen molar-refractivity contribution in [2.75, 3.05) is 12.8 Å². The van der Waals surface area contributed by atoms with Crippen molar-refractivity contribution in [1.82, 2.24) is 4.57 Å². The van der Waals surface area contributed by atoms with Crippen LogP contribution in [0.15, 0.2) is 47.3 Å². The summed E-state index contributed by atoms with van der Waals surface area (Å²) in [5, 5.41) is 0. The topological polar surface area (TPSA) is 74.3 Å². The number of rotatable bonds is 3. The molecule has 0 amide bonds. The number of esters is 1. The molecule has 2 aromatic rings. The third-order valence-corrected chi connectivity index (χ3v) is 2.79. The minimum atomic E-state index is -0.495. The van der Waals surface area contributed by atoms with E-state index in [1.165, 1.54) is 11.7 Å². The quantitative estimate of drug-likeness (QED) is 0.841. The number of carbonyl (C=O) groups is 1. The fraction of sp³-hybridized carbons (Fsp3) is 0.143. The second-order valence-corrected chi connectivity index (χ2v) is 4.01. The number of hydrogen-bond donors (Lipinski definition) is 1. The smallest absolute Gasteiger partial charge is 0.325 e. The number of pyridine rings is 1. The van der Waals surface area contributed by atoms with E-state index < -0.39 is 11.5 Å². The first-order valence-electron chi connectivity index (χ1n) is 5.75. The lowest BCUT2D eigenvalue weighted by atomic mass is 10.1. The molecule has 5 nitrogen and oxygen atoms in total. The number of methoxy groups -OCH3 is 1. The van der Waals surface area contributed by atoms with Crippen LogP contribution in [0.2, 0.25) is 0 Å². The Bertz CT molecular complexity index is 647. The fourth-order valence-corrected chi connectivity index (χ4v) is 1.81. The third kappa shape index (κ3) is 2.65. The molecule has 0 spiro atoms. The maximum absolute atomic E-state index is 12.0. The van der Waals surface area contributed by atoms with Crippen LogP contribution >= 0.6 is 0 Å². The SMILES string of the molecule is COC(=O)Cn1c(-c2ccccc2)ccc(N)c1=O. The van der Waals surface area contributed by atoms with Crippen molar-refractivity contribution in [3.8, 4) is 11.3 Å². The average molecular weight is 258 g/mol. The number of benzene rings is 1. The van der Waals surface area contributed by atoms with Gasteiger partial charge >= 0.3 is 5.97 Å². The molecule has 2 rings (SSSR count). The van der Waals surface area contributed by atoms with Crippen molar-refractivity contribution in [2.24, 2.45) is 0 Å². The summed E-state index contributed by atoms with van der Waals surface area (Å²) in [5.41, 5.74) is 6.77. The maximum atomic E-state index is 12.0. The van der Waals surface area contributed by atoms with E-state index in [1.807, 2.05) is 30.3 Å². The van der Waals surface area contributed by atoms with Crippen LogP contribution in [-0.2, 0) is 16.1 Å². The van der Waals surface area contributed by atoms with Crippen LogP contribution in [0.25, 0.3) is 11.3 Å². The second kappa shape index (κ2) is 5.39. The predicted octanol–water partition coefficient (Wildman–Crippen LogP) is 1.27. The van der Waals surface area contributed by atoms with E-state index in [4.69, 9.17) is 5.73 Å². The number of ether oxygens (including phenoxy) is 1. The second-order valence-electron chi connectivity index (χ2n) is 4.01. The lowest BCUT2D eigenvalue weighted by molar-refractivity contribution is -0.141. The Balaban J connectivity index is 2.58. The van der Waals surface area contributed by atoms with E-state index >= 15 is 0 Å². The highest BCUT2D eigenvalue weighted by atomic mass is 16.5. The average Bonchev–Trinajstić information content (AvgIpc) is 2.45. The van der Waals surface area contributed by atoms with E-state index in [9.17, 15) is 9.59 Å². The first-order valence-corrected chi connectivity index (χ1v) is 5.75. The molecule has 0 aliphatic heterocycles. The molecule has 2 N–H and O–H groups in total. The van der Waals surface area contributed by atoms with Gasteiger partial charge in [-0.2, -0.15) is 0 Å². The maximum Gasteiger partial charge on any atom is 0.325 e. The zero-order chi connectivity index (χ0) is 13.8. The number of hydrogen-bond acceptors (Lipinski definition) is 4. The summed E-state index contributed by atoms with van der Waals surface area (Å²) in [6, 6.07) is 12.6.